The predicted molar refractivity (Wildman–Crippen MR) is 71.5 cm³/mol. The second kappa shape index (κ2) is 5.69. The van der Waals surface area contributed by atoms with E-state index >= 15 is 0 Å². The molecule has 0 spiro atoms. The average molecular weight is 332 g/mol. The predicted octanol–water partition coefficient (Wildman–Crippen LogP) is 4.53. The van der Waals surface area contributed by atoms with Gasteiger partial charge in [0, 0.05) is 9.50 Å². The lowest BCUT2D eigenvalue weighted by molar-refractivity contribution is 0.282. The first-order valence-corrected chi connectivity index (χ1v) is 6.29. The van der Waals surface area contributed by atoms with Gasteiger partial charge in [-0.3, -0.25) is 0 Å². The first-order chi connectivity index (χ1) is 8.60. The molecule has 2 aromatic carbocycles. The quantitative estimate of drug-likeness (QED) is 0.895. The van der Waals surface area contributed by atoms with Gasteiger partial charge in [-0.15, -0.1) is 0 Å². The van der Waals surface area contributed by atoms with Crippen molar-refractivity contribution in [3.05, 3.63) is 57.3 Å². The second-order valence-electron chi connectivity index (χ2n) is 3.59. The van der Waals surface area contributed by atoms with Gasteiger partial charge in [0.15, 0.2) is 11.6 Å². The van der Waals surface area contributed by atoms with Crippen LogP contribution in [0, 0.1) is 5.82 Å². The van der Waals surface area contributed by atoms with E-state index in [1.54, 1.807) is 18.2 Å². The van der Waals surface area contributed by atoms with Crippen LogP contribution in [0.4, 0.5) is 4.39 Å². The van der Waals surface area contributed by atoms with Gasteiger partial charge in [0.1, 0.15) is 5.75 Å². The zero-order chi connectivity index (χ0) is 13.1. The van der Waals surface area contributed by atoms with Gasteiger partial charge in [0.25, 0.3) is 0 Å². The third-order valence-corrected chi connectivity index (χ3v) is 3.16. The zero-order valence-corrected chi connectivity index (χ0v) is 11.5. The minimum Gasteiger partial charge on any atom is -0.454 e. The summed E-state index contributed by atoms with van der Waals surface area (Å²) >= 11 is 9.16. The van der Waals surface area contributed by atoms with E-state index < -0.39 is 5.82 Å². The third kappa shape index (κ3) is 3.02. The molecule has 0 aliphatic rings. The summed E-state index contributed by atoms with van der Waals surface area (Å²) < 4.78 is 19.6. The molecule has 0 aliphatic carbocycles. The molecule has 5 heteroatoms. The fourth-order valence-corrected chi connectivity index (χ4v) is 1.97. The molecule has 0 saturated heterocycles. The number of halogens is 3. The van der Waals surface area contributed by atoms with Crippen LogP contribution in [0.25, 0.3) is 0 Å². The second-order valence-corrected chi connectivity index (χ2v) is 4.91. The van der Waals surface area contributed by atoms with E-state index in [1.165, 1.54) is 18.2 Å². The van der Waals surface area contributed by atoms with Gasteiger partial charge >= 0.3 is 0 Å². The lowest BCUT2D eigenvalue weighted by Gasteiger charge is -2.09. The summed E-state index contributed by atoms with van der Waals surface area (Å²) in [7, 11) is 0. The lowest BCUT2D eigenvalue weighted by atomic mass is 10.2. The molecule has 0 aliphatic heterocycles. The van der Waals surface area contributed by atoms with E-state index in [9.17, 15) is 4.39 Å². The van der Waals surface area contributed by atoms with Crippen molar-refractivity contribution in [2.75, 3.05) is 0 Å². The van der Waals surface area contributed by atoms with E-state index in [1.807, 2.05) is 0 Å². The molecule has 0 unspecified atom stereocenters. The lowest BCUT2D eigenvalue weighted by Crippen LogP contribution is -1.90. The zero-order valence-electron chi connectivity index (χ0n) is 9.16. The molecule has 0 atom stereocenters. The Labute approximate surface area is 117 Å². The number of rotatable bonds is 3. The van der Waals surface area contributed by atoms with Crippen molar-refractivity contribution in [1.82, 2.24) is 0 Å². The Balaban J connectivity index is 2.28. The average Bonchev–Trinajstić information content (AvgIpc) is 2.34. The molecule has 0 radical (unpaired) electrons. The Morgan fingerprint density at radius 3 is 2.67 bits per heavy atom. The van der Waals surface area contributed by atoms with Crippen LogP contribution in [0.15, 0.2) is 40.9 Å². The number of benzene rings is 2. The Bertz CT molecular complexity index is 575. The maximum Gasteiger partial charge on any atom is 0.165 e. The largest absolute Gasteiger partial charge is 0.454 e. The monoisotopic (exact) mass is 330 g/mol. The fourth-order valence-electron chi connectivity index (χ4n) is 1.40. The summed E-state index contributed by atoms with van der Waals surface area (Å²) in [4.78, 5) is 0. The van der Waals surface area contributed by atoms with Crippen LogP contribution in [0.3, 0.4) is 0 Å². The molecule has 0 saturated carbocycles. The standard InChI is InChI=1S/C13H9BrClFO2/c14-9-2-4-12(16)13(5-9)18-10-3-1-8(7-17)11(15)6-10/h1-6,17H,7H2. The molecule has 0 amide bonds. The normalized spacial score (nSPS) is 10.4. The van der Waals surface area contributed by atoms with Crippen LogP contribution in [-0.4, -0.2) is 5.11 Å². The molecule has 2 rings (SSSR count). The molecule has 1 N–H and O–H groups in total. The Morgan fingerprint density at radius 1 is 1.22 bits per heavy atom. The van der Waals surface area contributed by atoms with Crippen molar-refractivity contribution >= 4 is 27.5 Å². The van der Waals surface area contributed by atoms with Crippen molar-refractivity contribution in [2.45, 2.75) is 6.61 Å². The maximum absolute atomic E-state index is 13.5. The topological polar surface area (TPSA) is 29.5 Å². The Hall–Kier alpha value is -1.10. The van der Waals surface area contributed by atoms with Crippen molar-refractivity contribution in [1.29, 1.82) is 0 Å². The van der Waals surface area contributed by atoms with E-state index in [4.69, 9.17) is 21.4 Å². The van der Waals surface area contributed by atoms with E-state index in [0.29, 0.717) is 16.3 Å². The van der Waals surface area contributed by atoms with Crippen molar-refractivity contribution in [3.8, 4) is 11.5 Å². The van der Waals surface area contributed by atoms with Gasteiger partial charge < -0.3 is 9.84 Å². The first-order valence-electron chi connectivity index (χ1n) is 5.12. The molecule has 0 fully saturated rings. The number of aliphatic hydroxyl groups is 1. The number of ether oxygens (including phenoxy) is 1. The Morgan fingerprint density at radius 2 is 2.00 bits per heavy atom. The molecule has 2 nitrogen and oxygen atoms in total. The summed E-state index contributed by atoms with van der Waals surface area (Å²) in [5.41, 5.74) is 0.596. The number of hydrogen-bond donors (Lipinski definition) is 1. The van der Waals surface area contributed by atoms with Crippen LogP contribution in [-0.2, 0) is 6.61 Å². The van der Waals surface area contributed by atoms with Gasteiger partial charge in [-0.25, -0.2) is 4.39 Å². The number of aliphatic hydroxyl groups excluding tert-OH is 1. The van der Waals surface area contributed by atoms with Gasteiger partial charge in [0.05, 0.1) is 6.61 Å². The van der Waals surface area contributed by atoms with Crippen molar-refractivity contribution < 1.29 is 14.2 Å². The third-order valence-electron chi connectivity index (χ3n) is 2.32. The van der Waals surface area contributed by atoms with E-state index in [-0.39, 0.29) is 12.4 Å². The highest BCUT2D eigenvalue weighted by molar-refractivity contribution is 9.10. The van der Waals surface area contributed by atoms with Gasteiger partial charge in [-0.2, -0.15) is 0 Å². The summed E-state index contributed by atoms with van der Waals surface area (Å²) in [6, 6.07) is 9.22. The van der Waals surface area contributed by atoms with Gasteiger partial charge in [0.2, 0.25) is 0 Å². The minimum absolute atomic E-state index is 0.109. The van der Waals surface area contributed by atoms with Crippen LogP contribution in [0.5, 0.6) is 11.5 Å². The SMILES string of the molecule is OCc1ccc(Oc2cc(Br)ccc2F)cc1Cl. The maximum atomic E-state index is 13.5. The molecular weight excluding hydrogens is 322 g/mol. The summed E-state index contributed by atoms with van der Waals surface area (Å²) in [5.74, 6) is 0.0620. The first kappa shape index (κ1) is 13.3. The van der Waals surface area contributed by atoms with Crippen LogP contribution in [0.1, 0.15) is 5.56 Å². The fraction of sp³-hybridized carbons (Fsp3) is 0.0769. The van der Waals surface area contributed by atoms with Crippen molar-refractivity contribution in [2.24, 2.45) is 0 Å². The molecule has 0 aromatic heterocycles. The smallest absolute Gasteiger partial charge is 0.165 e. The Kier molecular flexibility index (Phi) is 4.22. The molecule has 0 bridgehead atoms. The van der Waals surface area contributed by atoms with Crippen LogP contribution >= 0.6 is 27.5 Å². The molecule has 0 heterocycles. The van der Waals surface area contributed by atoms with Crippen molar-refractivity contribution in [3.63, 3.8) is 0 Å². The highest BCUT2D eigenvalue weighted by Gasteiger charge is 2.07. The summed E-state index contributed by atoms with van der Waals surface area (Å²) in [6.45, 7) is -0.148. The summed E-state index contributed by atoms with van der Waals surface area (Å²) in [5, 5.41) is 9.37. The van der Waals surface area contributed by atoms with E-state index in [2.05, 4.69) is 15.9 Å². The molecule has 18 heavy (non-hydrogen) atoms. The van der Waals surface area contributed by atoms with Crippen LogP contribution in [0.2, 0.25) is 5.02 Å². The minimum atomic E-state index is -0.458. The highest BCUT2D eigenvalue weighted by Crippen LogP contribution is 2.30. The number of hydrogen-bond acceptors (Lipinski definition) is 2. The molecule has 2 aromatic rings. The van der Waals surface area contributed by atoms with Gasteiger partial charge in [-0.1, -0.05) is 33.6 Å². The molecule has 94 valence electrons. The highest BCUT2D eigenvalue weighted by atomic mass is 79.9. The molecular formula is C13H9BrClFO2. The van der Waals surface area contributed by atoms with Crippen LogP contribution < -0.4 is 4.74 Å². The summed E-state index contributed by atoms with van der Waals surface area (Å²) in [6.07, 6.45) is 0. The van der Waals surface area contributed by atoms with E-state index in [0.717, 1.165) is 4.47 Å². The van der Waals surface area contributed by atoms with Gasteiger partial charge in [-0.05, 0) is 35.9 Å².